The number of aromatic nitrogens is 1. The van der Waals surface area contributed by atoms with Crippen molar-refractivity contribution in [3.63, 3.8) is 0 Å². The molecule has 0 saturated heterocycles. The summed E-state index contributed by atoms with van der Waals surface area (Å²) < 4.78 is 5.53. The lowest BCUT2D eigenvalue weighted by Gasteiger charge is -2.18. The molecule has 2 aromatic heterocycles. The van der Waals surface area contributed by atoms with Crippen LogP contribution in [-0.2, 0) is 6.54 Å². The summed E-state index contributed by atoms with van der Waals surface area (Å²) >= 11 is 0. The third-order valence-electron chi connectivity index (χ3n) is 2.58. The van der Waals surface area contributed by atoms with Crippen LogP contribution >= 0.6 is 0 Å². The van der Waals surface area contributed by atoms with Gasteiger partial charge >= 0.3 is 0 Å². The van der Waals surface area contributed by atoms with Gasteiger partial charge < -0.3 is 15.1 Å². The zero-order chi connectivity index (χ0) is 12.4. The highest BCUT2D eigenvalue weighted by Crippen LogP contribution is 2.21. The zero-order valence-electron chi connectivity index (χ0n) is 10.4. The lowest BCUT2D eigenvalue weighted by Crippen LogP contribution is -2.18. The molecule has 4 nitrogen and oxygen atoms in total. The lowest BCUT2D eigenvalue weighted by molar-refractivity contribution is 0.481. The lowest BCUT2D eigenvalue weighted by atomic mass is 10.2. The molecule has 0 atom stereocenters. The van der Waals surface area contributed by atoms with Gasteiger partial charge in [0, 0.05) is 13.2 Å². The maximum absolute atomic E-state index is 5.95. The van der Waals surface area contributed by atoms with Crippen molar-refractivity contribution in [2.75, 3.05) is 17.7 Å². The van der Waals surface area contributed by atoms with Crippen LogP contribution in [0, 0.1) is 13.8 Å². The van der Waals surface area contributed by atoms with E-state index in [2.05, 4.69) is 4.98 Å². The van der Waals surface area contributed by atoms with Gasteiger partial charge in [-0.05, 0) is 37.6 Å². The SMILES string of the molecule is Cc1cnc(N(C)Cc2ccc(C)o2)c(N)c1. The van der Waals surface area contributed by atoms with Gasteiger partial charge in [0.1, 0.15) is 11.5 Å². The summed E-state index contributed by atoms with van der Waals surface area (Å²) in [5.74, 6) is 2.61. The number of hydrogen-bond donors (Lipinski definition) is 1. The standard InChI is InChI=1S/C13H17N3O/c1-9-6-12(14)13(15-7-9)16(3)8-11-5-4-10(2)17-11/h4-7H,8,14H2,1-3H3. The highest BCUT2D eigenvalue weighted by atomic mass is 16.3. The Kier molecular flexibility index (Phi) is 3.04. The van der Waals surface area contributed by atoms with Gasteiger partial charge in [-0.25, -0.2) is 4.98 Å². The molecule has 0 bridgehead atoms. The molecule has 0 aliphatic heterocycles. The van der Waals surface area contributed by atoms with Crippen LogP contribution in [0.4, 0.5) is 11.5 Å². The second kappa shape index (κ2) is 4.49. The summed E-state index contributed by atoms with van der Waals surface area (Å²) in [5.41, 5.74) is 7.70. The first-order valence-corrected chi connectivity index (χ1v) is 5.55. The Morgan fingerprint density at radius 2 is 2.12 bits per heavy atom. The topological polar surface area (TPSA) is 55.3 Å². The Bertz CT molecular complexity index is 519. The molecule has 2 N–H and O–H groups in total. The van der Waals surface area contributed by atoms with Crippen molar-refractivity contribution in [1.29, 1.82) is 0 Å². The van der Waals surface area contributed by atoms with E-state index >= 15 is 0 Å². The van der Waals surface area contributed by atoms with Crippen LogP contribution in [-0.4, -0.2) is 12.0 Å². The minimum absolute atomic E-state index is 0.661. The summed E-state index contributed by atoms with van der Waals surface area (Å²) in [6, 6.07) is 5.84. The Hall–Kier alpha value is -1.97. The number of nitrogen functional groups attached to an aromatic ring is 1. The molecule has 4 heteroatoms. The van der Waals surface area contributed by atoms with Gasteiger partial charge in [0.25, 0.3) is 0 Å². The van der Waals surface area contributed by atoms with Crippen molar-refractivity contribution in [3.05, 3.63) is 41.5 Å². The first kappa shape index (κ1) is 11.5. The molecule has 0 amide bonds. The molecule has 0 aliphatic rings. The van der Waals surface area contributed by atoms with Crippen LogP contribution in [0.3, 0.4) is 0 Å². The molecule has 17 heavy (non-hydrogen) atoms. The highest BCUT2D eigenvalue weighted by molar-refractivity contribution is 5.62. The number of anilines is 2. The molecule has 0 radical (unpaired) electrons. The van der Waals surface area contributed by atoms with Gasteiger partial charge in [0.15, 0.2) is 5.82 Å². The van der Waals surface area contributed by atoms with Crippen LogP contribution in [0.15, 0.2) is 28.8 Å². The molecule has 0 saturated carbocycles. The molecule has 0 aromatic carbocycles. The predicted molar refractivity (Wildman–Crippen MR) is 68.9 cm³/mol. The van der Waals surface area contributed by atoms with E-state index < -0.39 is 0 Å². The van der Waals surface area contributed by atoms with Crippen LogP contribution in [0.1, 0.15) is 17.1 Å². The fourth-order valence-corrected chi connectivity index (χ4v) is 1.78. The van der Waals surface area contributed by atoms with Gasteiger partial charge in [-0.2, -0.15) is 0 Å². The minimum atomic E-state index is 0.661. The number of pyridine rings is 1. The van der Waals surface area contributed by atoms with E-state index in [1.165, 1.54) is 0 Å². The number of furan rings is 1. The molecule has 2 rings (SSSR count). The van der Waals surface area contributed by atoms with Crippen LogP contribution in [0.2, 0.25) is 0 Å². The Morgan fingerprint density at radius 1 is 1.35 bits per heavy atom. The molecule has 0 spiro atoms. The zero-order valence-corrected chi connectivity index (χ0v) is 10.4. The average Bonchev–Trinajstić information content (AvgIpc) is 2.63. The fourth-order valence-electron chi connectivity index (χ4n) is 1.78. The molecular weight excluding hydrogens is 214 g/mol. The number of nitrogens with two attached hydrogens (primary N) is 1. The van der Waals surface area contributed by atoms with Crippen molar-refractivity contribution in [2.24, 2.45) is 0 Å². The predicted octanol–water partition coefficient (Wildman–Crippen LogP) is 2.51. The normalized spacial score (nSPS) is 10.5. The van der Waals surface area contributed by atoms with Crippen LogP contribution < -0.4 is 10.6 Å². The third kappa shape index (κ3) is 2.58. The molecular formula is C13H17N3O. The minimum Gasteiger partial charge on any atom is -0.464 e. The highest BCUT2D eigenvalue weighted by Gasteiger charge is 2.09. The monoisotopic (exact) mass is 231 g/mol. The molecule has 0 fully saturated rings. The van der Waals surface area contributed by atoms with Gasteiger partial charge in [-0.3, -0.25) is 0 Å². The van der Waals surface area contributed by atoms with E-state index in [1.807, 2.05) is 50.2 Å². The van der Waals surface area contributed by atoms with Crippen molar-refractivity contribution >= 4 is 11.5 Å². The molecule has 2 heterocycles. The van der Waals surface area contributed by atoms with E-state index in [4.69, 9.17) is 10.2 Å². The van der Waals surface area contributed by atoms with Gasteiger partial charge in [-0.15, -0.1) is 0 Å². The summed E-state index contributed by atoms with van der Waals surface area (Å²) in [4.78, 5) is 6.32. The number of hydrogen-bond acceptors (Lipinski definition) is 4. The van der Waals surface area contributed by atoms with Crippen molar-refractivity contribution < 1.29 is 4.42 Å². The fraction of sp³-hybridized carbons (Fsp3) is 0.308. The summed E-state index contributed by atoms with van der Waals surface area (Å²) in [7, 11) is 1.95. The van der Waals surface area contributed by atoms with Crippen LogP contribution in [0.5, 0.6) is 0 Å². The number of rotatable bonds is 3. The Labute approximate surface area is 101 Å². The van der Waals surface area contributed by atoms with E-state index in [-0.39, 0.29) is 0 Å². The molecule has 0 aliphatic carbocycles. The van der Waals surface area contributed by atoms with E-state index in [1.54, 1.807) is 0 Å². The van der Waals surface area contributed by atoms with Gasteiger partial charge in [0.05, 0.1) is 12.2 Å². The molecule has 2 aromatic rings. The van der Waals surface area contributed by atoms with Crippen molar-refractivity contribution in [3.8, 4) is 0 Å². The summed E-state index contributed by atoms with van der Waals surface area (Å²) in [5, 5.41) is 0. The molecule has 90 valence electrons. The van der Waals surface area contributed by atoms with Crippen molar-refractivity contribution in [2.45, 2.75) is 20.4 Å². The van der Waals surface area contributed by atoms with Gasteiger partial charge in [0.2, 0.25) is 0 Å². The number of aryl methyl sites for hydroxylation is 2. The first-order chi connectivity index (χ1) is 8.06. The van der Waals surface area contributed by atoms with E-state index in [0.29, 0.717) is 12.2 Å². The maximum atomic E-state index is 5.95. The smallest absolute Gasteiger partial charge is 0.151 e. The molecule has 0 unspecified atom stereocenters. The quantitative estimate of drug-likeness (QED) is 0.881. The summed E-state index contributed by atoms with van der Waals surface area (Å²) in [6.07, 6.45) is 1.82. The second-order valence-electron chi connectivity index (χ2n) is 4.29. The average molecular weight is 231 g/mol. The Morgan fingerprint density at radius 3 is 2.71 bits per heavy atom. The van der Waals surface area contributed by atoms with E-state index in [0.717, 1.165) is 22.9 Å². The Balaban J connectivity index is 2.17. The maximum Gasteiger partial charge on any atom is 0.151 e. The third-order valence-corrected chi connectivity index (χ3v) is 2.58. The van der Waals surface area contributed by atoms with Gasteiger partial charge in [-0.1, -0.05) is 0 Å². The first-order valence-electron chi connectivity index (χ1n) is 5.55. The van der Waals surface area contributed by atoms with E-state index in [9.17, 15) is 0 Å². The second-order valence-corrected chi connectivity index (χ2v) is 4.29. The number of nitrogens with zero attached hydrogens (tertiary/aromatic N) is 2. The van der Waals surface area contributed by atoms with Crippen molar-refractivity contribution in [1.82, 2.24) is 4.98 Å². The van der Waals surface area contributed by atoms with Crippen LogP contribution in [0.25, 0.3) is 0 Å². The largest absolute Gasteiger partial charge is 0.464 e. The summed E-state index contributed by atoms with van der Waals surface area (Å²) in [6.45, 7) is 4.57.